The third kappa shape index (κ3) is 2.22. The van der Waals surface area contributed by atoms with Crippen molar-refractivity contribution < 1.29 is 9.53 Å². The number of nitrogens with one attached hydrogen (secondary N) is 2. The maximum Gasteiger partial charge on any atom is 0.374 e. The van der Waals surface area contributed by atoms with Gasteiger partial charge in [-0.2, -0.15) is 5.10 Å². The lowest BCUT2D eigenvalue weighted by Gasteiger charge is -1.96. The van der Waals surface area contributed by atoms with Crippen molar-refractivity contribution in [3.05, 3.63) is 42.5 Å². The molecule has 114 valence electrons. The summed E-state index contributed by atoms with van der Waals surface area (Å²) in [5.41, 5.74) is 4.10. The van der Waals surface area contributed by atoms with Gasteiger partial charge in [0.25, 0.3) is 0 Å². The number of nitrogens with zero attached hydrogens (tertiary/aromatic N) is 3. The molecule has 0 unspecified atom stereocenters. The van der Waals surface area contributed by atoms with E-state index in [1.807, 2.05) is 24.3 Å². The molecule has 1 aromatic carbocycles. The normalized spacial score (nSPS) is 11.2. The largest absolute Gasteiger partial charge is 0.460 e. The fraction of sp³-hybridized carbons (Fsp3) is 0.125. The summed E-state index contributed by atoms with van der Waals surface area (Å²) in [6.07, 6.45) is 3.45. The van der Waals surface area contributed by atoms with E-state index < -0.39 is 5.97 Å². The maximum atomic E-state index is 11.8. The highest BCUT2D eigenvalue weighted by molar-refractivity contribution is 6.01. The molecule has 4 rings (SSSR count). The van der Waals surface area contributed by atoms with Crippen molar-refractivity contribution in [2.45, 2.75) is 6.92 Å². The van der Waals surface area contributed by atoms with Gasteiger partial charge < -0.3 is 9.72 Å². The minimum atomic E-state index is -0.458. The molecule has 0 saturated carbocycles. The molecule has 0 spiro atoms. The molecule has 0 fully saturated rings. The summed E-state index contributed by atoms with van der Waals surface area (Å²) in [5.74, 6) is -0.257. The molecule has 23 heavy (non-hydrogen) atoms. The van der Waals surface area contributed by atoms with Gasteiger partial charge in [0.05, 0.1) is 23.2 Å². The van der Waals surface area contributed by atoms with Gasteiger partial charge in [-0.3, -0.25) is 10.1 Å². The number of rotatable bonds is 3. The number of imidazole rings is 1. The van der Waals surface area contributed by atoms with Gasteiger partial charge in [0.2, 0.25) is 5.82 Å². The van der Waals surface area contributed by atoms with Crippen LogP contribution in [-0.4, -0.2) is 37.7 Å². The van der Waals surface area contributed by atoms with Crippen LogP contribution in [0.5, 0.6) is 0 Å². The number of carbonyl (C=O) groups excluding carboxylic acids is 1. The van der Waals surface area contributed by atoms with Crippen LogP contribution in [0.2, 0.25) is 0 Å². The zero-order valence-electron chi connectivity index (χ0n) is 12.3. The average molecular weight is 307 g/mol. The van der Waals surface area contributed by atoms with Gasteiger partial charge >= 0.3 is 5.97 Å². The zero-order chi connectivity index (χ0) is 15.8. The first-order chi connectivity index (χ1) is 11.3. The standard InChI is InChI=1S/C16H13N5O2/c1-2-23-16(22)15-18-12-7-10-11(8-13(12)19-15)20-21-14(10)9-3-5-17-6-4-9/h3-8H,2H2,1H3,(H,18,19)(H,20,21). The van der Waals surface area contributed by atoms with Crippen LogP contribution in [0.3, 0.4) is 0 Å². The van der Waals surface area contributed by atoms with Gasteiger partial charge in [0.1, 0.15) is 5.69 Å². The second kappa shape index (κ2) is 5.20. The van der Waals surface area contributed by atoms with E-state index in [2.05, 4.69) is 25.1 Å². The Morgan fingerprint density at radius 3 is 2.83 bits per heavy atom. The lowest BCUT2D eigenvalue weighted by molar-refractivity contribution is 0.0514. The number of aromatic nitrogens is 5. The summed E-state index contributed by atoms with van der Waals surface area (Å²) < 4.78 is 4.97. The van der Waals surface area contributed by atoms with Gasteiger partial charge in [0, 0.05) is 23.3 Å². The van der Waals surface area contributed by atoms with Gasteiger partial charge in [-0.05, 0) is 31.2 Å². The second-order valence-corrected chi connectivity index (χ2v) is 5.03. The average Bonchev–Trinajstić information content (AvgIpc) is 3.17. The number of carbonyl (C=O) groups is 1. The first kappa shape index (κ1) is 13.4. The van der Waals surface area contributed by atoms with Gasteiger partial charge in [-0.25, -0.2) is 9.78 Å². The van der Waals surface area contributed by atoms with Crippen LogP contribution in [-0.2, 0) is 4.74 Å². The molecular formula is C16H13N5O2. The van der Waals surface area contributed by atoms with Crippen LogP contribution in [0.25, 0.3) is 33.2 Å². The Morgan fingerprint density at radius 2 is 2.04 bits per heavy atom. The fourth-order valence-electron chi connectivity index (χ4n) is 2.55. The third-order valence-corrected chi connectivity index (χ3v) is 3.59. The fourth-order valence-corrected chi connectivity index (χ4v) is 2.55. The molecule has 0 radical (unpaired) electrons. The van der Waals surface area contributed by atoms with E-state index in [1.165, 1.54) is 0 Å². The molecule has 2 N–H and O–H groups in total. The smallest absolute Gasteiger partial charge is 0.374 e. The topological polar surface area (TPSA) is 96.5 Å². The SMILES string of the molecule is CCOC(=O)c1nc2cc3c(-c4ccncc4)n[nH]c3cc2[nH]1. The Bertz CT molecular complexity index is 1000. The van der Waals surface area contributed by atoms with Crippen LogP contribution < -0.4 is 0 Å². The number of hydrogen-bond acceptors (Lipinski definition) is 5. The predicted molar refractivity (Wildman–Crippen MR) is 84.9 cm³/mol. The molecule has 7 heteroatoms. The second-order valence-electron chi connectivity index (χ2n) is 5.03. The first-order valence-corrected chi connectivity index (χ1v) is 7.21. The number of pyridine rings is 1. The maximum absolute atomic E-state index is 11.8. The van der Waals surface area contributed by atoms with Gasteiger partial charge in [-0.1, -0.05) is 0 Å². The minimum Gasteiger partial charge on any atom is -0.460 e. The Labute approximate surface area is 130 Å². The van der Waals surface area contributed by atoms with Crippen molar-refractivity contribution in [3.63, 3.8) is 0 Å². The quantitative estimate of drug-likeness (QED) is 0.567. The highest BCUT2D eigenvalue weighted by atomic mass is 16.5. The summed E-state index contributed by atoms with van der Waals surface area (Å²) >= 11 is 0. The number of ether oxygens (including phenoxy) is 1. The Balaban J connectivity index is 1.87. The van der Waals surface area contributed by atoms with E-state index in [9.17, 15) is 4.79 Å². The number of fused-ring (bicyclic) bond motifs is 2. The molecule has 0 aliphatic carbocycles. The van der Waals surface area contributed by atoms with E-state index >= 15 is 0 Å². The Hall–Kier alpha value is -3.22. The summed E-state index contributed by atoms with van der Waals surface area (Å²) in [4.78, 5) is 23.1. The van der Waals surface area contributed by atoms with Crippen LogP contribution in [0, 0.1) is 0 Å². The van der Waals surface area contributed by atoms with Crippen molar-refractivity contribution in [1.82, 2.24) is 25.1 Å². The molecule has 0 atom stereocenters. The first-order valence-electron chi connectivity index (χ1n) is 7.21. The number of aromatic amines is 2. The van der Waals surface area contributed by atoms with Crippen LogP contribution in [0.15, 0.2) is 36.7 Å². The predicted octanol–water partition coefficient (Wildman–Crippen LogP) is 2.68. The monoisotopic (exact) mass is 307 g/mol. The number of hydrogen-bond donors (Lipinski definition) is 2. The van der Waals surface area contributed by atoms with Crippen LogP contribution >= 0.6 is 0 Å². The van der Waals surface area contributed by atoms with Crippen LogP contribution in [0.1, 0.15) is 17.5 Å². The molecule has 0 saturated heterocycles. The van der Waals surface area contributed by atoms with E-state index in [4.69, 9.17) is 4.74 Å². The molecule has 3 aromatic heterocycles. The summed E-state index contributed by atoms with van der Waals surface area (Å²) in [6, 6.07) is 7.59. The van der Waals surface area contributed by atoms with Crippen molar-refractivity contribution in [2.24, 2.45) is 0 Å². The van der Waals surface area contributed by atoms with Crippen molar-refractivity contribution in [2.75, 3.05) is 6.61 Å². The zero-order valence-corrected chi connectivity index (χ0v) is 12.3. The molecule has 4 aromatic rings. The van der Waals surface area contributed by atoms with Crippen molar-refractivity contribution in [3.8, 4) is 11.3 Å². The molecule has 0 aliphatic heterocycles. The molecule has 0 aliphatic rings. The summed E-state index contributed by atoms with van der Waals surface area (Å²) in [6.45, 7) is 2.07. The summed E-state index contributed by atoms with van der Waals surface area (Å²) in [7, 11) is 0. The highest BCUT2D eigenvalue weighted by Crippen LogP contribution is 2.28. The third-order valence-electron chi connectivity index (χ3n) is 3.59. The van der Waals surface area contributed by atoms with Crippen molar-refractivity contribution in [1.29, 1.82) is 0 Å². The van der Waals surface area contributed by atoms with E-state index in [0.29, 0.717) is 12.1 Å². The molecule has 0 amide bonds. The minimum absolute atomic E-state index is 0.202. The number of esters is 1. The Morgan fingerprint density at radius 1 is 1.22 bits per heavy atom. The molecule has 3 heterocycles. The summed E-state index contributed by atoms with van der Waals surface area (Å²) in [5, 5.41) is 8.31. The number of H-pyrrole nitrogens is 2. The lowest BCUT2D eigenvalue weighted by Crippen LogP contribution is -2.06. The Kier molecular flexibility index (Phi) is 3.04. The van der Waals surface area contributed by atoms with E-state index in [0.717, 1.165) is 27.7 Å². The molecule has 0 bridgehead atoms. The molecule has 7 nitrogen and oxygen atoms in total. The van der Waals surface area contributed by atoms with E-state index in [-0.39, 0.29) is 5.82 Å². The van der Waals surface area contributed by atoms with E-state index in [1.54, 1.807) is 19.3 Å². The van der Waals surface area contributed by atoms with Crippen LogP contribution in [0.4, 0.5) is 0 Å². The van der Waals surface area contributed by atoms with Crippen molar-refractivity contribution >= 4 is 27.9 Å². The highest BCUT2D eigenvalue weighted by Gasteiger charge is 2.15. The van der Waals surface area contributed by atoms with Gasteiger partial charge in [-0.15, -0.1) is 0 Å². The molecular weight excluding hydrogens is 294 g/mol. The lowest BCUT2D eigenvalue weighted by atomic mass is 10.1. The number of benzene rings is 1. The van der Waals surface area contributed by atoms with Gasteiger partial charge in [0.15, 0.2) is 0 Å².